The van der Waals surface area contributed by atoms with E-state index < -0.39 is 10.0 Å². The Labute approximate surface area is 166 Å². The fraction of sp³-hybridized carbons (Fsp3) is 0.476. The number of hydrogen-bond donors (Lipinski definition) is 0. The van der Waals surface area contributed by atoms with Gasteiger partial charge in [-0.1, -0.05) is 30.3 Å². The molecule has 2 aliphatic rings. The number of nitrogens with zero attached hydrogens (tertiary/aromatic N) is 3. The van der Waals surface area contributed by atoms with Gasteiger partial charge >= 0.3 is 0 Å². The number of carbonyl (C=O) groups is 1. The SMILES string of the molecule is Cn1cc(S(=O)(=O)N2CCCC2)cc1C(=O)N1CCCC1Cc1ccccc1. The van der Waals surface area contributed by atoms with Crippen molar-refractivity contribution in [1.82, 2.24) is 13.8 Å². The predicted octanol–water partition coefficient (Wildman–Crippen LogP) is 2.66. The number of aromatic nitrogens is 1. The van der Waals surface area contributed by atoms with Crippen molar-refractivity contribution in [2.24, 2.45) is 7.05 Å². The molecule has 6 nitrogen and oxygen atoms in total. The van der Waals surface area contributed by atoms with Crippen molar-refractivity contribution in [3.63, 3.8) is 0 Å². The van der Waals surface area contributed by atoms with Gasteiger partial charge in [-0.2, -0.15) is 4.31 Å². The maximum absolute atomic E-state index is 13.2. The quantitative estimate of drug-likeness (QED) is 0.774. The first-order valence-electron chi connectivity index (χ1n) is 9.98. The number of sulfonamides is 1. The summed E-state index contributed by atoms with van der Waals surface area (Å²) in [5, 5.41) is 0. The minimum absolute atomic E-state index is 0.0798. The third-order valence-corrected chi connectivity index (χ3v) is 7.72. The second kappa shape index (κ2) is 7.72. The van der Waals surface area contributed by atoms with Crippen LogP contribution in [0, 0.1) is 0 Å². The molecule has 2 aliphatic heterocycles. The minimum Gasteiger partial charge on any atom is -0.345 e. The zero-order valence-corrected chi connectivity index (χ0v) is 17.1. The lowest BCUT2D eigenvalue weighted by Crippen LogP contribution is -2.37. The normalized spacial score (nSPS) is 20.8. The molecule has 0 spiro atoms. The maximum Gasteiger partial charge on any atom is 0.270 e. The summed E-state index contributed by atoms with van der Waals surface area (Å²) in [5.41, 5.74) is 1.66. The lowest BCUT2D eigenvalue weighted by atomic mass is 10.0. The highest BCUT2D eigenvalue weighted by molar-refractivity contribution is 7.89. The molecular weight excluding hydrogens is 374 g/mol. The van der Waals surface area contributed by atoms with Gasteiger partial charge in [0, 0.05) is 38.9 Å². The highest BCUT2D eigenvalue weighted by Crippen LogP contribution is 2.26. The first-order valence-corrected chi connectivity index (χ1v) is 11.4. The molecule has 3 heterocycles. The van der Waals surface area contributed by atoms with Crippen LogP contribution in [0.1, 0.15) is 41.7 Å². The van der Waals surface area contributed by atoms with E-state index in [-0.39, 0.29) is 16.8 Å². The summed E-state index contributed by atoms with van der Waals surface area (Å²) in [7, 11) is -1.77. The van der Waals surface area contributed by atoms with E-state index in [1.54, 1.807) is 23.9 Å². The largest absolute Gasteiger partial charge is 0.345 e. The molecule has 1 amide bonds. The van der Waals surface area contributed by atoms with Gasteiger partial charge in [0.05, 0.1) is 0 Å². The van der Waals surface area contributed by atoms with E-state index >= 15 is 0 Å². The monoisotopic (exact) mass is 401 g/mol. The summed E-state index contributed by atoms with van der Waals surface area (Å²) in [5.74, 6) is -0.0798. The van der Waals surface area contributed by atoms with Gasteiger partial charge in [0.1, 0.15) is 10.6 Å². The fourth-order valence-electron chi connectivity index (χ4n) is 4.31. The maximum atomic E-state index is 13.2. The average molecular weight is 402 g/mol. The van der Waals surface area contributed by atoms with Crippen molar-refractivity contribution in [3.8, 4) is 0 Å². The molecule has 150 valence electrons. The molecule has 0 radical (unpaired) electrons. The van der Waals surface area contributed by atoms with Crippen LogP contribution in [0.2, 0.25) is 0 Å². The molecule has 4 rings (SSSR count). The van der Waals surface area contributed by atoms with E-state index in [0.717, 1.165) is 38.6 Å². The molecule has 1 unspecified atom stereocenters. The van der Waals surface area contributed by atoms with E-state index in [0.29, 0.717) is 18.8 Å². The van der Waals surface area contributed by atoms with Crippen molar-refractivity contribution < 1.29 is 13.2 Å². The Morgan fingerprint density at radius 3 is 2.50 bits per heavy atom. The van der Waals surface area contributed by atoms with E-state index in [9.17, 15) is 13.2 Å². The van der Waals surface area contributed by atoms with Crippen LogP contribution in [-0.4, -0.2) is 53.8 Å². The lowest BCUT2D eigenvalue weighted by molar-refractivity contribution is 0.0727. The zero-order valence-electron chi connectivity index (χ0n) is 16.3. The second-order valence-corrected chi connectivity index (χ2v) is 9.71. The van der Waals surface area contributed by atoms with Gasteiger partial charge in [0.25, 0.3) is 5.91 Å². The van der Waals surface area contributed by atoms with Crippen LogP contribution in [-0.2, 0) is 23.5 Å². The Morgan fingerprint density at radius 1 is 1.07 bits per heavy atom. The average Bonchev–Trinajstić information content (AvgIpc) is 3.43. The smallest absolute Gasteiger partial charge is 0.270 e. The summed E-state index contributed by atoms with van der Waals surface area (Å²) < 4.78 is 28.8. The van der Waals surface area contributed by atoms with Crippen LogP contribution in [0.25, 0.3) is 0 Å². The third kappa shape index (κ3) is 3.61. The molecular formula is C21H27N3O3S. The molecule has 0 bridgehead atoms. The van der Waals surface area contributed by atoms with Crippen molar-refractivity contribution in [2.45, 2.75) is 43.0 Å². The van der Waals surface area contributed by atoms with Gasteiger partial charge in [0.2, 0.25) is 10.0 Å². The van der Waals surface area contributed by atoms with Gasteiger partial charge < -0.3 is 9.47 Å². The number of hydrogen-bond acceptors (Lipinski definition) is 3. The first kappa shape index (κ1) is 19.2. The molecule has 0 N–H and O–H groups in total. The number of carbonyl (C=O) groups excluding carboxylic acids is 1. The summed E-state index contributed by atoms with van der Waals surface area (Å²) in [6.07, 6.45) is 6.15. The Hall–Kier alpha value is -2.12. The Kier molecular flexibility index (Phi) is 5.29. The van der Waals surface area contributed by atoms with E-state index in [4.69, 9.17) is 0 Å². The molecule has 1 atom stereocenters. The van der Waals surface area contributed by atoms with Gasteiger partial charge in [0.15, 0.2) is 0 Å². The number of amides is 1. The van der Waals surface area contributed by atoms with Gasteiger partial charge in [-0.15, -0.1) is 0 Å². The number of benzene rings is 1. The minimum atomic E-state index is -3.52. The molecule has 2 aromatic rings. The van der Waals surface area contributed by atoms with Crippen LogP contribution in [0.4, 0.5) is 0 Å². The molecule has 1 aromatic heterocycles. The Morgan fingerprint density at radius 2 is 1.79 bits per heavy atom. The van der Waals surface area contributed by atoms with Gasteiger partial charge in [-0.3, -0.25) is 4.79 Å². The summed E-state index contributed by atoms with van der Waals surface area (Å²) in [6.45, 7) is 1.84. The predicted molar refractivity (Wildman–Crippen MR) is 108 cm³/mol. The summed E-state index contributed by atoms with van der Waals surface area (Å²) in [6, 6.07) is 11.9. The Bertz CT molecular complexity index is 947. The molecule has 2 saturated heterocycles. The van der Waals surface area contributed by atoms with Crippen LogP contribution >= 0.6 is 0 Å². The Balaban J connectivity index is 1.55. The summed E-state index contributed by atoms with van der Waals surface area (Å²) in [4.78, 5) is 15.4. The molecule has 2 fully saturated rings. The van der Waals surface area contributed by atoms with Crippen molar-refractivity contribution in [3.05, 3.63) is 53.9 Å². The molecule has 7 heteroatoms. The van der Waals surface area contributed by atoms with Crippen molar-refractivity contribution in [1.29, 1.82) is 0 Å². The molecule has 28 heavy (non-hydrogen) atoms. The number of rotatable bonds is 5. The second-order valence-electron chi connectivity index (χ2n) is 7.77. The standard InChI is InChI=1S/C21H27N3O3S/c1-22-16-19(28(26,27)23-11-5-6-12-23)15-20(22)21(25)24-13-7-10-18(24)14-17-8-3-2-4-9-17/h2-4,8-9,15-16,18H,5-7,10-14H2,1H3. The fourth-order valence-corrected chi connectivity index (χ4v) is 5.90. The van der Waals surface area contributed by atoms with Crippen LogP contribution in [0.5, 0.6) is 0 Å². The highest BCUT2D eigenvalue weighted by atomic mass is 32.2. The third-order valence-electron chi connectivity index (χ3n) is 5.85. The molecule has 0 saturated carbocycles. The zero-order chi connectivity index (χ0) is 19.7. The number of aryl methyl sites for hydroxylation is 1. The topological polar surface area (TPSA) is 62.6 Å². The van der Waals surface area contributed by atoms with Crippen LogP contribution in [0.15, 0.2) is 47.5 Å². The van der Waals surface area contributed by atoms with Crippen molar-refractivity contribution in [2.75, 3.05) is 19.6 Å². The van der Waals surface area contributed by atoms with E-state index in [2.05, 4.69) is 12.1 Å². The first-order chi connectivity index (χ1) is 13.5. The summed E-state index contributed by atoms with van der Waals surface area (Å²) >= 11 is 0. The lowest BCUT2D eigenvalue weighted by Gasteiger charge is -2.25. The molecule has 1 aromatic carbocycles. The highest BCUT2D eigenvalue weighted by Gasteiger charge is 2.33. The van der Waals surface area contributed by atoms with E-state index in [1.165, 1.54) is 9.87 Å². The van der Waals surface area contributed by atoms with Gasteiger partial charge in [-0.25, -0.2) is 8.42 Å². The van der Waals surface area contributed by atoms with Crippen molar-refractivity contribution >= 4 is 15.9 Å². The number of likely N-dealkylation sites (tertiary alicyclic amines) is 1. The van der Waals surface area contributed by atoms with Crippen LogP contribution in [0.3, 0.4) is 0 Å². The molecule has 0 aliphatic carbocycles. The van der Waals surface area contributed by atoms with E-state index in [1.807, 2.05) is 23.1 Å². The van der Waals surface area contributed by atoms with Crippen LogP contribution < -0.4 is 0 Å². The van der Waals surface area contributed by atoms with Gasteiger partial charge in [-0.05, 0) is 43.7 Å².